The van der Waals surface area contributed by atoms with Gasteiger partial charge in [-0.2, -0.15) is 0 Å². The number of nitrogens with zero attached hydrogens (tertiary/aromatic N) is 1. The van der Waals surface area contributed by atoms with Gasteiger partial charge in [0.2, 0.25) is 0 Å². The summed E-state index contributed by atoms with van der Waals surface area (Å²) in [5.41, 5.74) is 1.23. The fourth-order valence-electron chi connectivity index (χ4n) is 1.71. The van der Waals surface area contributed by atoms with Crippen molar-refractivity contribution in [1.29, 1.82) is 0 Å². The Morgan fingerprint density at radius 1 is 1.00 bits per heavy atom. The van der Waals surface area contributed by atoms with Crippen LogP contribution in [-0.4, -0.2) is 37.4 Å². The Bertz CT molecular complexity index is 368. The molecule has 0 saturated carbocycles. The molecule has 1 aromatic carbocycles. The first-order valence-electron chi connectivity index (χ1n) is 7.16. The van der Waals surface area contributed by atoms with Gasteiger partial charge in [-0.3, -0.25) is 0 Å². The lowest BCUT2D eigenvalue weighted by molar-refractivity contribution is 0.116. The van der Waals surface area contributed by atoms with Crippen molar-refractivity contribution in [3.63, 3.8) is 0 Å². The van der Waals surface area contributed by atoms with Crippen molar-refractivity contribution in [3.05, 3.63) is 35.9 Å². The van der Waals surface area contributed by atoms with E-state index in [0.717, 1.165) is 25.9 Å². The van der Waals surface area contributed by atoms with Gasteiger partial charge >= 0.3 is 0 Å². The van der Waals surface area contributed by atoms with Gasteiger partial charge in [-0.25, -0.2) is 0 Å². The van der Waals surface area contributed by atoms with E-state index >= 15 is 0 Å². The first-order chi connectivity index (χ1) is 9.70. The van der Waals surface area contributed by atoms with Gasteiger partial charge in [-0.05, 0) is 37.0 Å². The maximum Gasteiger partial charge on any atom is 0.258 e. The minimum Gasteiger partial charge on any atom is -0.471 e. The highest BCUT2D eigenvalue weighted by Crippen LogP contribution is 2.04. The van der Waals surface area contributed by atoms with Crippen LogP contribution in [0.4, 0.5) is 0 Å². The maximum atomic E-state index is 5.64. The number of hydrogen-bond donors (Lipinski definition) is 0. The summed E-state index contributed by atoms with van der Waals surface area (Å²) in [6, 6.07) is 10.3. The summed E-state index contributed by atoms with van der Waals surface area (Å²) >= 11 is 5.04. The molecule has 112 valence electrons. The van der Waals surface area contributed by atoms with E-state index in [1.807, 2.05) is 37.2 Å². The Kier molecular flexibility index (Phi) is 9.00. The summed E-state index contributed by atoms with van der Waals surface area (Å²) in [6.07, 6.45) is 4.48. The average molecular weight is 295 g/mol. The first kappa shape index (κ1) is 16.9. The lowest BCUT2D eigenvalue weighted by Gasteiger charge is -2.14. The van der Waals surface area contributed by atoms with Gasteiger partial charge in [0.25, 0.3) is 5.17 Å². The lowest BCUT2D eigenvalue weighted by Crippen LogP contribution is -2.22. The van der Waals surface area contributed by atoms with E-state index < -0.39 is 0 Å². The van der Waals surface area contributed by atoms with Gasteiger partial charge in [0, 0.05) is 20.7 Å². The zero-order valence-corrected chi connectivity index (χ0v) is 13.3. The van der Waals surface area contributed by atoms with Crippen LogP contribution in [0.25, 0.3) is 0 Å². The highest BCUT2D eigenvalue weighted by molar-refractivity contribution is 7.80. The van der Waals surface area contributed by atoms with Crippen LogP contribution < -0.4 is 0 Å². The molecule has 0 amide bonds. The predicted molar refractivity (Wildman–Crippen MR) is 86.8 cm³/mol. The summed E-state index contributed by atoms with van der Waals surface area (Å²) in [7, 11) is 3.79. The van der Waals surface area contributed by atoms with Crippen molar-refractivity contribution in [3.8, 4) is 0 Å². The summed E-state index contributed by atoms with van der Waals surface area (Å²) in [5, 5.41) is 0.566. The van der Waals surface area contributed by atoms with E-state index in [1.165, 1.54) is 12.0 Å². The molecule has 3 nitrogen and oxygen atoms in total. The van der Waals surface area contributed by atoms with E-state index in [4.69, 9.17) is 21.7 Å². The molecule has 1 rings (SSSR count). The maximum absolute atomic E-state index is 5.64. The quantitative estimate of drug-likeness (QED) is 0.512. The first-order valence-corrected chi connectivity index (χ1v) is 7.56. The van der Waals surface area contributed by atoms with Crippen LogP contribution in [0.1, 0.15) is 31.2 Å². The Morgan fingerprint density at radius 2 is 1.65 bits per heavy atom. The Balaban J connectivity index is 1.87. The van der Waals surface area contributed by atoms with E-state index in [-0.39, 0.29) is 0 Å². The highest BCUT2D eigenvalue weighted by Gasteiger charge is 1.98. The van der Waals surface area contributed by atoms with Gasteiger partial charge in [0.15, 0.2) is 0 Å². The molecule has 0 aromatic heterocycles. The van der Waals surface area contributed by atoms with Gasteiger partial charge < -0.3 is 14.4 Å². The number of ether oxygens (including phenoxy) is 2. The minimum atomic E-state index is 0.566. The van der Waals surface area contributed by atoms with Crippen molar-refractivity contribution in [2.24, 2.45) is 0 Å². The molecule has 0 fully saturated rings. The smallest absolute Gasteiger partial charge is 0.258 e. The zero-order valence-electron chi connectivity index (χ0n) is 12.5. The van der Waals surface area contributed by atoms with Crippen molar-refractivity contribution < 1.29 is 9.47 Å². The summed E-state index contributed by atoms with van der Waals surface area (Å²) in [4.78, 5) is 1.81. The van der Waals surface area contributed by atoms with Crippen LogP contribution in [0.5, 0.6) is 0 Å². The monoisotopic (exact) mass is 295 g/mol. The molecule has 0 atom stereocenters. The topological polar surface area (TPSA) is 21.7 Å². The third-order valence-corrected chi connectivity index (χ3v) is 3.37. The minimum absolute atomic E-state index is 0.566. The zero-order chi connectivity index (χ0) is 14.6. The number of unbranched alkanes of at least 4 members (excludes halogenated alkanes) is 3. The number of hydrogen-bond acceptors (Lipinski definition) is 3. The predicted octanol–water partition coefficient (Wildman–Crippen LogP) is 3.63. The molecule has 0 aliphatic rings. The molecular weight excluding hydrogens is 270 g/mol. The van der Waals surface area contributed by atoms with Crippen LogP contribution in [0, 0.1) is 0 Å². The molecule has 0 bridgehead atoms. The average Bonchev–Trinajstić information content (AvgIpc) is 2.46. The molecule has 20 heavy (non-hydrogen) atoms. The molecule has 4 heteroatoms. The van der Waals surface area contributed by atoms with Gasteiger partial charge in [0.05, 0.1) is 13.2 Å². The van der Waals surface area contributed by atoms with Crippen LogP contribution >= 0.6 is 12.2 Å². The molecule has 0 aliphatic heterocycles. The van der Waals surface area contributed by atoms with E-state index in [9.17, 15) is 0 Å². The second-order valence-electron chi connectivity index (χ2n) is 4.96. The molecule has 0 saturated heterocycles. The van der Waals surface area contributed by atoms with Crippen molar-refractivity contribution in [1.82, 2.24) is 4.90 Å². The molecule has 0 spiro atoms. The number of benzene rings is 1. The molecule has 0 unspecified atom stereocenters. The van der Waals surface area contributed by atoms with Crippen LogP contribution in [0.15, 0.2) is 30.3 Å². The second kappa shape index (κ2) is 10.6. The van der Waals surface area contributed by atoms with Crippen molar-refractivity contribution in [2.75, 3.05) is 27.3 Å². The molecule has 0 aliphatic carbocycles. The van der Waals surface area contributed by atoms with E-state index in [2.05, 4.69) is 12.1 Å². The Morgan fingerprint density at radius 3 is 2.30 bits per heavy atom. The Labute approximate surface area is 127 Å². The normalized spacial score (nSPS) is 10.3. The Hall–Kier alpha value is -1.13. The van der Waals surface area contributed by atoms with Gasteiger partial charge in [0.1, 0.15) is 0 Å². The number of rotatable bonds is 9. The number of thiocarbonyl (C=S) groups is 1. The van der Waals surface area contributed by atoms with Crippen molar-refractivity contribution >= 4 is 17.4 Å². The fraction of sp³-hybridized carbons (Fsp3) is 0.562. The standard InChI is InChI=1S/C16H25NO2S/c1-17(2)16(20)19-13-9-4-3-8-12-18-14-15-10-6-5-7-11-15/h5-7,10-11H,3-4,8-9,12-14H2,1-2H3. The van der Waals surface area contributed by atoms with E-state index in [0.29, 0.717) is 18.4 Å². The fourth-order valence-corrected chi connectivity index (χ4v) is 1.80. The lowest BCUT2D eigenvalue weighted by atomic mass is 10.2. The van der Waals surface area contributed by atoms with Crippen LogP contribution in [-0.2, 0) is 16.1 Å². The molecule has 0 radical (unpaired) electrons. The molecule has 0 N–H and O–H groups in total. The summed E-state index contributed by atoms with van der Waals surface area (Å²) < 4.78 is 11.1. The SMILES string of the molecule is CN(C)C(=S)OCCCCCCOCc1ccccc1. The largest absolute Gasteiger partial charge is 0.471 e. The highest BCUT2D eigenvalue weighted by atomic mass is 32.1. The summed E-state index contributed by atoms with van der Waals surface area (Å²) in [6.45, 7) is 2.24. The van der Waals surface area contributed by atoms with Gasteiger partial charge in [-0.1, -0.05) is 36.8 Å². The summed E-state index contributed by atoms with van der Waals surface area (Å²) in [5.74, 6) is 0. The third kappa shape index (κ3) is 8.12. The second-order valence-corrected chi connectivity index (χ2v) is 5.31. The van der Waals surface area contributed by atoms with Crippen molar-refractivity contribution in [2.45, 2.75) is 32.3 Å². The molecular formula is C16H25NO2S. The van der Waals surface area contributed by atoms with Crippen LogP contribution in [0.3, 0.4) is 0 Å². The molecule has 1 aromatic rings. The van der Waals surface area contributed by atoms with Gasteiger partial charge in [-0.15, -0.1) is 0 Å². The third-order valence-electron chi connectivity index (χ3n) is 2.89. The molecule has 0 heterocycles. The van der Waals surface area contributed by atoms with Crippen LogP contribution in [0.2, 0.25) is 0 Å². The van der Waals surface area contributed by atoms with E-state index in [1.54, 1.807) is 0 Å².